The highest BCUT2D eigenvalue weighted by Gasteiger charge is 2.04. The lowest BCUT2D eigenvalue weighted by Crippen LogP contribution is -2.02. The van der Waals surface area contributed by atoms with Crippen molar-refractivity contribution in [2.24, 2.45) is 5.16 Å². The van der Waals surface area contributed by atoms with Gasteiger partial charge < -0.3 is 14.9 Å². The number of para-hydroxylation sites is 1. The minimum atomic E-state index is 0.688. The van der Waals surface area contributed by atoms with Crippen molar-refractivity contribution in [2.75, 3.05) is 6.61 Å². The normalized spacial score (nSPS) is 11.6. The third-order valence-corrected chi connectivity index (χ3v) is 3.53. The van der Waals surface area contributed by atoms with Crippen molar-refractivity contribution in [3.05, 3.63) is 48.0 Å². The van der Waals surface area contributed by atoms with E-state index in [0.29, 0.717) is 6.61 Å². The molecule has 22 heavy (non-hydrogen) atoms. The fourth-order valence-electron chi connectivity index (χ4n) is 2.30. The van der Waals surface area contributed by atoms with E-state index in [2.05, 4.69) is 21.2 Å². The molecule has 0 aliphatic rings. The number of aryl methyl sites for hydroxylation is 2. The van der Waals surface area contributed by atoms with Gasteiger partial charge in [-0.2, -0.15) is 0 Å². The topological polar surface area (TPSA) is 70.5 Å². The summed E-state index contributed by atoms with van der Waals surface area (Å²) in [4.78, 5) is 7.10. The first-order chi connectivity index (χ1) is 10.8. The fourth-order valence-corrected chi connectivity index (χ4v) is 2.30. The van der Waals surface area contributed by atoms with E-state index in [1.807, 2.05) is 31.3 Å². The smallest absolute Gasteiger partial charge is 0.122 e. The highest BCUT2D eigenvalue weighted by molar-refractivity contribution is 5.81. The zero-order valence-corrected chi connectivity index (χ0v) is 13.0. The molecule has 0 aliphatic carbocycles. The summed E-state index contributed by atoms with van der Waals surface area (Å²) in [5, 5.41) is 11.9. The summed E-state index contributed by atoms with van der Waals surface area (Å²) in [5.74, 6) is 0.950. The van der Waals surface area contributed by atoms with Gasteiger partial charge >= 0.3 is 0 Å². The average Bonchev–Trinajstić information content (AvgIpc) is 3.06. The zero-order valence-electron chi connectivity index (χ0n) is 13.0. The van der Waals surface area contributed by atoms with Crippen molar-refractivity contribution in [2.45, 2.75) is 39.0 Å². The molecule has 0 aliphatic heterocycles. The maximum absolute atomic E-state index is 8.66. The molecular weight excluding hydrogens is 278 g/mol. The van der Waals surface area contributed by atoms with Crippen molar-refractivity contribution in [1.29, 1.82) is 0 Å². The number of nitrogens with zero attached hydrogens (tertiary/aromatic N) is 2. The predicted molar refractivity (Wildman–Crippen MR) is 86.7 cm³/mol. The Labute approximate surface area is 131 Å². The molecule has 0 unspecified atom stereocenters. The second-order valence-corrected chi connectivity index (χ2v) is 5.33. The van der Waals surface area contributed by atoms with Crippen LogP contribution >= 0.6 is 0 Å². The molecule has 1 aromatic carbocycles. The number of rotatable bonds is 9. The molecule has 1 aromatic heterocycles. The molecule has 5 nitrogen and oxygen atoms in total. The molecule has 0 spiro atoms. The molecule has 0 saturated heterocycles. The molecular formula is C17H23N3O2. The van der Waals surface area contributed by atoms with Crippen LogP contribution in [-0.4, -0.2) is 27.5 Å². The molecule has 0 fully saturated rings. The first-order valence-electron chi connectivity index (χ1n) is 7.65. The van der Waals surface area contributed by atoms with Gasteiger partial charge in [0.25, 0.3) is 0 Å². The molecule has 0 saturated carbocycles. The third kappa shape index (κ3) is 5.24. The second kappa shape index (κ2) is 8.87. The zero-order chi connectivity index (χ0) is 15.6. The lowest BCUT2D eigenvalue weighted by atomic mass is 10.1. The van der Waals surface area contributed by atoms with E-state index < -0.39 is 0 Å². The number of benzene rings is 1. The standard InChI is InChI=1S/C17H23N3O2/c1-14(20-21)6-4-8-15-7-2-3-10-17(15)22-11-5-9-16-12-18-13-19-16/h2-3,7,10,12-13,21H,4-6,8-9,11H2,1H3,(H,18,19). The average molecular weight is 301 g/mol. The van der Waals surface area contributed by atoms with Gasteiger partial charge in [0.1, 0.15) is 5.75 Å². The van der Waals surface area contributed by atoms with Crippen LogP contribution in [0.15, 0.2) is 41.9 Å². The van der Waals surface area contributed by atoms with Gasteiger partial charge in [0.15, 0.2) is 0 Å². The first kappa shape index (κ1) is 16.1. The monoisotopic (exact) mass is 301 g/mol. The van der Waals surface area contributed by atoms with Crippen LogP contribution in [0.1, 0.15) is 37.4 Å². The Hall–Kier alpha value is -2.30. The molecule has 0 atom stereocenters. The quantitative estimate of drug-likeness (QED) is 0.322. The number of aromatic amines is 1. The van der Waals surface area contributed by atoms with Gasteiger partial charge in [0.05, 0.1) is 18.6 Å². The summed E-state index contributed by atoms with van der Waals surface area (Å²) in [5.41, 5.74) is 3.10. The molecule has 2 N–H and O–H groups in total. The number of hydrogen-bond donors (Lipinski definition) is 2. The number of nitrogens with one attached hydrogen (secondary N) is 1. The SMILES string of the molecule is CC(CCCc1ccccc1OCCCc1cnc[nH]1)=NO. The van der Waals surface area contributed by atoms with E-state index in [1.54, 1.807) is 6.33 Å². The summed E-state index contributed by atoms with van der Waals surface area (Å²) >= 11 is 0. The van der Waals surface area contributed by atoms with Gasteiger partial charge in [0.2, 0.25) is 0 Å². The Morgan fingerprint density at radius 1 is 1.27 bits per heavy atom. The van der Waals surface area contributed by atoms with Crippen LogP contribution < -0.4 is 4.74 Å². The van der Waals surface area contributed by atoms with E-state index in [9.17, 15) is 0 Å². The van der Waals surface area contributed by atoms with Gasteiger partial charge in [-0.05, 0) is 50.7 Å². The van der Waals surface area contributed by atoms with Crippen LogP contribution in [-0.2, 0) is 12.8 Å². The Morgan fingerprint density at radius 2 is 2.14 bits per heavy atom. The van der Waals surface area contributed by atoms with Crippen LogP contribution in [0, 0.1) is 0 Å². The van der Waals surface area contributed by atoms with Gasteiger partial charge in [0, 0.05) is 11.9 Å². The number of hydrogen-bond acceptors (Lipinski definition) is 4. The van der Waals surface area contributed by atoms with Crippen molar-refractivity contribution < 1.29 is 9.94 Å². The number of aromatic nitrogens is 2. The molecule has 2 aromatic rings. The van der Waals surface area contributed by atoms with Crippen molar-refractivity contribution in [1.82, 2.24) is 9.97 Å². The molecule has 5 heteroatoms. The summed E-state index contributed by atoms with van der Waals surface area (Å²) < 4.78 is 5.91. The van der Waals surface area contributed by atoms with E-state index in [-0.39, 0.29) is 0 Å². The van der Waals surface area contributed by atoms with Crippen LogP contribution in [0.2, 0.25) is 0 Å². The predicted octanol–water partition coefficient (Wildman–Crippen LogP) is 3.59. The molecule has 1 heterocycles. The molecule has 0 radical (unpaired) electrons. The summed E-state index contributed by atoms with van der Waals surface area (Å²) in [6.45, 7) is 2.52. The largest absolute Gasteiger partial charge is 0.493 e. The van der Waals surface area contributed by atoms with Crippen LogP contribution in [0.5, 0.6) is 5.75 Å². The Bertz CT molecular complexity index is 579. The maximum atomic E-state index is 8.66. The van der Waals surface area contributed by atoms with Crippen LogP contribution in [0.3, 0.4) is 0 Å². The fraction of sp³-hybridized carbons (Fsp3) is 0.412. The minimum absolute atomic E-state index is 0.688. The van der Waals surface area contributed by atoms with Gasteiger partial charge in [-0.15, -0.1) is 0 Å². The Kier molecular flexibility index (Phi) is 6.48. The molecule has 0 amide bonds. The third-order valence-electron chi connectivity index (χ3n) is 3.53. The first-order valence-corrected chi connectivity index (χ1v) is 7.65. The summed E-state index contributed by atoms with van der Waals surface area (Å²) in [7, 11) is 0. The molecule has 2 rings (SSSR count). The van der Waals surface area contributed by atoms with E-state index in [0.717, 1.165) is 49.3 Å². The number of oxime groups is 1. The van der Waals surface area contributed by atoms with Crippen LogP contribution in [0.4, 0.5) is 0 Å². The number of imidazole rings is 1. The Morgan fingerprint density at radius 3 is 2.91 bits per heavy atom. The maximum Gasteiger partial charge on any atom is 0.122 e. The minimum Gasteiger partial charge on any atom is -0.493 e. The van der Waals surface area contributed by atoms with Crippen molar-refractivity contribution in [3.8, 4) is 5.75 Å². The second-order valence-electron chi connectivity index (χ2n) is 5.33. The lowest BCUT2D eigenvalue weighted by molar-refractivity contribution is 0.307. The molecule has 118 valence electrons. The summed E-state index contributed by atoms with van der Waals surface area (Å²) in [6, 6.07) is 8.13. The van der Waals surface area contributed by atoms with Gasteiger partial charge in [-0.3, -0.25) is 0 Å². The van der Waals surface area contributed by atoms with Crippen molar-refractivity contribution >= 4 is 5.71 Å². The Balaban J connectivity index is 1.77. The number of ether oxygens (including phenoxy) is 1. The van der Waals surface area contributed by atoms with Crippen LogP contribution in [0.25, 0.3) is 0 Å². The number of H-pyrrole nitrogens is 1. The van der Waals surface area contributed by atoms with E-state index in [4.69, 9.17) is 9.94 Å². The summed E-state index contributed by atoms with van der Waals surface area (Å²) in [6.07, 6.45) is 8.10. The highest BCUT2D eigenvalue weighted by atomic mass is 16.5. The highest BCUT2D eigenvalue weighted by Crippen LogP contribution is 2.20. The van der Waals surface area contributed by atoms with Gasteiger partial charge in [-0.1, -0.05) is 23.4 Å². The van der Waals surface area contributed by atoms with Gasteiger partial charge in [-0.25, -0.2) is 4.98 Å². The molecule has 0 bridgehead atoms. The van der Waals surface area contributed by atoms with Crippen molar-refractivity contribution in [3.63, 3.8) is 0 Å². The van der Waals surface area contributed by atoms with E-state index >= 15 is 0 Å². The van der Waals surface area contributed by atoms with E-state index in [1.165, 1.54) is 5.56 Å². The lowest BCUT2D eigenvalue weighted by Gasteiger charge is -2.11.